The molecule has 0 radical (unpaired) electrons. The van der Waals surface area contributed by atoms with Gasteiger partial charge < -0.3 is 10.2 Å². The van der Waals surface area contributed by atoms with Gasteiger partial charge in [0.25, 0.3) is 0 Å². The van der Waals surface area contributed by atoms with E-state index in [4.69, 9.17) is 0 Å². The van der Waals surface area contributed by atoms with Crippen molar-refractivity contribution in [2.75, 3.05) is 33.2 Å². The van der Waals surface area contributed by atoms with Crippen LogP contribution in [0.25, 0.3) is 0 Å². The fourth-order valence-corrected chi connectivity index (χ4v) is 4.68. The maximum Gasteiger partial charge on any atom is 0.241 e. The van der Waals surface area contributed by atoms with Crippen LogP contribution >= 0.6 is 11.3 Å². The van der Waals surface area contributed by atoms with Crippen LogP contribution in [0.4, 0.5) is 0 Å². The molecule has 0 atom stereocenters. The molecular formula is C13H23N3O2S2. The standard InChI is InChI=1S/C13H23N3O2S2/c1-14-10-12-9-13(11-19-12)20(17,18)15-5-8-16-6-3-2-4-7-16/h9,11,14-15H,2-8,10H2,1H3. The van der Waals surface area contributed by atoms with Gasteiger partial charge in [0, 0.05) is 29.9 Å². The van der Waals surface area contributed by atoms with E-state index < -0.39 is 10.0 Å². The molecule has 2 N–H and O–H groups in total. The molecular weight excluding hydrogens is 294 g/mol. The molecule has 0 saturated carbocycles. The van der Waals surface area contributed by atoms with Gasteiger partial charge in [-0.25, -0.2) is 13.1 Å². The van der Waals surface area contributed by atoms with Crippen LogP contribution in [0.1, 0.15) is 24.1 Å². The molecule has 1 aliphatic rings. The highest BCUT2D eigenvalue weighted by molar-refractivity contribution is 7.89. The molecule has 2 heterocycles. The molecule has 5 nitrogen and oxygen atoms in total. The molecule has 1 fully saturated rings. The van der Waals surface area contributed by atoms with Crippen LogP contribution < -0.4 is 10.0 Å². The summed E-state index contributed by atoms with van der Waals surface area (Å²) in [7, 11) is -1.50. The lowest BCUT2D eigenvalue weighted by Crippen LogP contribution is -2.37. The van der Waals surface area contributed by atoms with E-state index >= 15 is 0 Å². The Morgan fingerprint density at radius 3 is 2.75 bits per heavy atom. The Labute approximate surface area is 125 Å². The fraction of sp³-hybridized carbons (Fsp3) is 0.692. The monoisotopic (exact) mass is 317 g/mol. The number of likely N-dealkylation sites (tertiary alicyclic amines) is 1. The SMILES string of the molecule is CNCc1cc(S(=O)(=O)NCCN2CCCCC2)cs1. The molecule has 114 valence electrons. The summed E-state index contributed by atoms with van der Waals surface area (Å²) in [4.78, 5) is 3.74. The van der Waals surface area contributed by atoms with Crippen LogP contribution in [-0.2, 0) is 16.6 Å². The first kappa shape index (κ1) is 15.9. The Balaban J connectivity index is 1.83. The zero-order chi connectivity index (χ0) is 14.4. The Kier molecular flexibility index (Phi) is 5.98. The topological polar surface area (TPSA) is 61.4 Å². The van der Waals surface area contributed by atoms with Crippen molar-refractivity contribution in [2.24, 2.45) is 0 Å². The van der Waals surface area contributed by atoms with Gasteiger partial charge in [0.05, 0.1) is 4.90 Å². The molecule has 1 aliphatic heterocycles. The average Bonchev–Trinajstić information content (AvgIpc) is 2.90. The lowest BCUT2D eigenvalue weighted by Gasteiger charge is -2.26. The smallest absolute Gasteiger partial charge is 0.241 e. The average molecular weight is 317 g/mol. The number of hydrogen-bond donors (Lipinski definition) is 2. The second kappa shape index (κ2) is 7.51. The van der Waals surface area contributed by atoms with Gasteiger partial charge >= 0.3 is 0 Å². The van der Waals surface area contributed by atoms with Crippen molar-refractivity contribution in [3.05, 3.63) is 16.3 Å². The Bertz CT molecular complexity index is 507. The zero-order valence-electron chi connectivity index (χ0n) is 11.9. The van der Waals surface area contributed by atoms with Crippen LogP contribution in [0.3, 0.4) is 0 Å². The van der Waals surface area contributed by atoms with Crippen molar-refractivity contribution < 1.29 is 8.42 Å². The summed E-state index contributed by atoms with van der Waals surface area (Å²) in [5.74, 6) is 0. The van der Waals surface area contributed by atoms with E-state index in [1.807, 2.05) is 7.05 Å². The third kappa shape index (κ3) is 4.53. The second-order valence-corrected chi connectivity index (χ2v) is 7.84. The maximum atomic E-state index is 12.1. The van der Waals surface area contributed by atoms with E-state index in [-0.39, 0.29) is 0 Å². The Morgan fingerprint density at radius 1 is 1.30 bits per heavy atom. The molecule has 0 aromatic carbocycles. The first-order valence-electron chi connectivity index (χ1n) is 7.06. The maximum absolute atomic E-state index is 12.1. The van der Waals surface area contributed by atoms with Gasteiger partial charge in [-0.1, -0.05) is 6.42 Å². The highest BCUT2D eigenvalue weighted by atomic mass is 32.2. The predicted molar refractivity (Wildman–Crippen MR) is 82.6 cm³/mol. The summed E-state index contributed by atoms with van der Waals surface area (Å²) in [6, 6.07) is 1.74. The molecule has 0 amide bonds. The van der Waals surface area contributed by atoms with Gasteiger partial charge in [-0.05, 0) is 39.0 Å². The lowest BCUT2D eigenvalue weighted by molar-refractivity contribution is 0.233. The summed E-state index contributed by atoms with van der Waals surface area (Å²) in [6.45, 7) is 4.17. The number of sulfonamides is 1. The molecule has 0 bridgehead atoms. The molecule has 1 aromatic rings. The molecule has 20 heavy (non-hydrogen) atoms. The van der Waals surface area contributed by atoms with Crippen LogP contribution in [0.2, 0.25) is 0 Å². The van der Waals surface area contributed by atoms with E-state index in [9.17, 15) is 8.42 Å². The van der Waals surface area contributed by atoms with Crippen LogP contribution in [-0.4, -0.2) is 46.5 Å². The molecule has 7 heteroatoms. The number of rotatable bonds is 7. The Hall–Kier alpha value is -0.470. The minimum atomic E-state index is -3.35. The van der Waals surface area contributed by atoms with Gasteiger partial charge in [0.15, 0.2) is 0 Å². The summed E-state index contributed by atoms with van der Waals surface area (Å²) in [6.07, 6.45) is 3.75. The number of nitrogens with zero attached hydrogens (tertiary/aromatic N) is 1. The zero-order valence-corrected chi connectivity index (χ0v) is 13.5. The second-order valence-electron chi connectivity index (χ2n) is 5.08. The van der Waals surface area contributed by atoms with Gasteiger partial charge in [-0.3, -0.25) is 0 Å². The van der Waals surface area contributed by atoms with Crippen molar-refractivity contribution in [1.29, 1.82) is 0 Å². The number of thiophene rings is 1. The van der Waals surface area contributed by atoms with Crippen LogP contribution in [0.15, 0.2) is 16.3 Å². The van der Waals surface area contributed by atoms with Crippen molar-refractivity contribution >= 4 is 21.4 Å². The lowest BCUT2D eigenvalue weighted by atomic mass is 10.1. The normalized spacial score (nSPS) is 17.4. The first-order valence-corrected chi connectivity index (χ1v) is 9.42. The summed E-state index contributed by atoms with van der Waals surface area (Å²) in [5, 5.41) is 4.73. The highest BCUT2D eigenvalue weighted by Gasteiger charge is 2.16. The van der Waals surface area contributed by atoms with E-state index in [0.29, 0.717) is 18.0 Å². The molecule has 1 saturated heterocycles. The first-order chi connectivity index (χ1) is 9.62. The summed E-state index contributed by atoms with van der Waals surface area (Å²) in [5.41, 5.74) is 0. The predicted octanol–water partition coefficient (Wildman–Crippen LogP) is 1.23. The van der Waals surface area contributed by atoms with E-state index in [2.05, 4.69) is 14.9 Å². The third-order valence-corrected chi connectivity index (χ3v) is 5.99. The number of hydrogen-bond acceptors (Lipinski definition) is 5. The molecule has 0 unspecified atom stereocenters. The number of piperidine rings is 1. The minimum Gasteiger partial charge on any atom is -0.315 e. The van der Waals surface area contributed by atoms with Crippen molar-refractivity contribution in [3.8, 4) is 0 Å². The summed E-state index contributed by atoms with van der Waals surface area (Å²) >= 11 is 1.47. The fourth-order valence-electron chi connectivity index (χ4n) is 2.37. The van der Waals surface area contributed by atoms with E-state index in [1.54, 1.807) is 11.4 Å². The van der Waals surface area contributed by atoms with E-state index in [1.165, 1.54) is 30.6 Å². The highest BCUT2D eigenvalue weighted by Crippen LogP contribution is 2.18. The molecule has 1 aromatic heterocycles. The quantitative estimate of drug-likeness (QED) is 0.794. The van der Waals surface area contributed by atoms with E-state index in [0.717, 1.165) is 24.5 Å². The minimum absolute atomic E-state index is 0.381. The molecule has 2 rings (SSSR count). The summed E-state index contributed by atoms with van der Waals surface area (Å²) < 4.78 is 27.0. The number of nitrogens with one attached hydrogen (secondary N) is 2. The van der Waals surface area contributed by atoms with Gasteiger partial charge in [0.2, 0.25) is 10.0 Å². The van der Waals surface area contributed by atoms with Crippen molar-refractivity contribution in [1.82, 2.24) is 14.9 Å². The van der Waals surface area contributed by atoms with Crippen LogP contribution in [0, 0.1) is 0 Å². The van der Waals surface area contributed by atoms with Crippen LogP contribution in [0.5, 0.6) is 0 Å². The van der Waals surface area contributed by atoms with Gasteiger partial charge in [-0.2, -0.15) is 0 Å². The molecule has 0 spiro atoms. The van der Waals surface area contributed by atoms with Crippen molar-refractivity contribution in [2.45, 2.75) is 30.7 Å². The van der Waals surface area contributed by atoms with Crippen molar-refractivity contribution in [3.63, 3.8) is 0 Å². The third-order valence-electron chi connectivity index (χ3n) is 3.46. The van der Waals surface area contributed by atoms with Gasteiger partial charge in [-0.15, -0.1) is 11.3 Å². The largest absolute Gasteiger partial charge is 0.315 e. The van der Waals surface area contributed by atoms with Gasteiger partial charge in [0.1, 0.15) is 0 Å². The Morgan fingerprint density at radius 2 is 2.05 bits per heavy atom. The molecule has 0 aliphatic carbocycles.